The monoisotopic (exact) mass is 363 g/mol. The number of nitro groups is 1. The Balaban J connectivity index is 1.89. The molecule has 138 valence electrons. The quantitative estimate of drug-likeness (QED) is 0.475. The summed E-state index contributed by atoms with van der Waals surface area (Å²) in [5.41, 5.74) is 2.43. The van der Waals surface area contributed by atoms with Crippen LogP contribution in [0.5, 0.6) is 0 Å². The Kier molecular flexibility index (Phi) is 5.61. The van der Waals surface area contributed by atoms with Crippen LogP contribution in [0.1, 0.15) is 19.4 Å². The summed E-state index contributed by atoms with van der Waals surface area (Å²) in [6.07, 6.45) is 0. The maximum Gasteiger partial charge on any atom is 0.274 e. The van der Waals surface area contributed by atoms with Gasteiger partial charge in [0.1, 0.15) is 5.82 Å². The average molecular weight is 363 g/mol. The summed E-state index contributed by atoms with van der Waals surface area (Å²) in [5, 5.41) is 17.6. The van der Waals surface area contributed by atoms with Gasteiger partial charge in [-0.05, 0) is 13.8 Å². The van der Waals surface area contributed by atoms with Crippen molar-refractivity contribution in [3.63, 3.8) is 0 Å². The molecule has 0 aliphatic carbocycles. The molecular weight excluding hydrogens is 342 g/mol. The number of nitrogens with one attached hydrogen (secondary N) is 2. The maximum atomic E-state index is 11.2. The predicted molar refractivity (Wildman–Crippen MR) is 107 cm³/mol. The minimum atomic E-state index is -0.377. The van der Waals surface area contributed by atoms with Crippen molar-refractivity contribution in [2.24, 2.45) is 0 Å². The molecule has 7 nitrogen and oxygen atoms in total. The number of anilines is 2. The predicted octanol–water partition coefficient (Wildman–Crippen LogP) is 4.48. The van der Waals surface area contributed by atoms with Crippen molar-refractivity contribution in [1.82, 2.24) is 9.97 Å². The smallest absolute Gasteiger partial charge is 0.274 e. The lowest BCUT2D eigenvalue weighted by Gasteiger charge is -2.13. The number of nitro benzene ring substituents is 1. The molecule has 7 heteroatoms. The second-order valence-corrected chi connectivity index (χ2v) is 6.37. The first kappa shape index (κ1) is 18.3. The van der Waals surface area contributed by atoms with Crippen LogP contribution in [0.4, 0.5) is 17.5 Å². The molecule has 3 aromatic rings. The summed E-state index contributed by atoms with van der Waals surface area (Å²) < 4.78 is 0. The molecule has 0 aliphatic rings. The van der Waals surface area contributed by atoms with Gasteiger partial charge in [-0.1, -0.05) is 48.5 Å². The van der Waals surface area contributed by atoms with Gasteiger partial charge < -0.3 is 10.6 Å². The highest BCUT2D eigenvalue weighted by Crippen LogP contribution is 2.23. The molecule has 0 saturated carbocycles. The van der Waals surface area contributed by atoms with Crippen molar-refractivity contribution < 1.29 is 4.92 Å². The Morgan fingerprint density at radius 2 is 1.74 bits per heavy atom. The fourth-order valence-electron chi connectivity index (χ4n) is 2.64. The maximum absolute atomic E-state index is 11.2. The molecule has 1 aromatic heterocycles. The van der Waals surface area contributed by atoms with Gasteiger partial charge in [0.05, 0.1) is 10.6 Å². The first-order valence-corrected chi connectivity index (χ1v) is 8.70. The summed E-state index contributed by atoms with van der Waals surface area (Å²) >= 11 is 0. The highest BCUT2D eigenvalue weighted by atomic mass is 16.6. The van der Waals surface area contributed by atoms with Gasteiger partial charge in [0.15, 0.2) is 0 Å². The Morgan fingerprint density at radius 3 is 2.44 bits per heavy atom. The first-order chi connectivity index (χ1) is 13.0. The molecule has 0 unspecified atom stereocenters. The van der Waals surface area contributed by atoms with Crippen molar-refractivity contribution >= 4 is 17.5 Å². The summed E-state index contributed by atoms with van der Waals surface area (Å²) in [6, 6.07) is 18.5. The molecular formula is C20H21N5O2. The number of para-hydroxylation sites is 1. The summed E-state index contributed by atoms with van der Waals surface area (Å²) in [7, 11) is 0. The molecule has 0 radical (unpaired) electrons. The van der Waals surface area contributed by atoms with E-state index in [2.05, 4.69) is 20.6 Å². The summed E-state index contributed by atoms with van der Waals surface area (Å²) in [6.45, 7) is 4.32. The fraction of sp³-hybridized carbons (Fsp3) is 0.200. The van der Waals surface area contributed by atoms with E-state index in [1.807, 2.05) is 50.2 Å². The van der Waals surface area contributed by atoms with Crippen LogP contribution in [0.25, 0.3) is 11.3 Å². The Hall–Kier alpha value is -3.48. The average Bonchev–Trinajstić information content (AvgIpc) is 2.66. The third-order valence-corrected chi connectivity index (χ3v) is 3.86. The van der Waals surface area contributed by atoms with Gasteiger partial charge in [-0.2, -0.15) is 4.98 Å². The van der Waals surface area contributed by atoms with Crippen LogP contribution in [0.2, 0.25) is 0 Å². The van der Waals surface area contributed by atoms with E-state index in [1.54, 1.807) is 18.2 Å². The van der Waals surface area contributed by atoms with Gasteiger partial charge in [-0.15, -0.1) is 0 Å². The van der Waals surface area contributed by atoms with Crippen LogP contribution < -0.4 is 10.6 Å². The molecule has 0 saturated heterocycles. The second kappa shape index (κ2) is 8.27. The van der Waals surface area contributed by atoms with E-state index in [-0.39, 0.29) is 16.7 Å². The topological polar surface area (TPSA) is 93.0 Å². The number of benzene rings is 2. The fourth-order valence-corrected chi connectivity index (χ4v) is 2.64. The summed E-state index contributed by atoms with van der Waals surface area (Å²) in [5.74, 6) is 1.11. The number of rotatable bonds is 7. The minimum absolute atomic E-state index is 0.0860. The lowest BCUT2D eigenvalue weighted by molar-refractivity contribution is -0.385. The molecule has 0 amide bonds. The number of hydrogen-bond acceptors (Lipinski definition) is 6. The van der Waals surface area contributed by atoms with E-state index in [0.29, 0.717) is 23.9 Å². The Labute approximate surface area is 157 Å². The molecule has 0 spiro atoms. The summed E-state index contributed by atoms with van der Waals surface area (Å²) in [4.78, 5) is 19.9. The van der Waals surface area contributed by atoms with Crippen molar-refractivity contribution in [2.75, 3.05) is 10.6 Å². The minimum Gasteiger partial charge on any atom is -0.366 e. The lowest BCUT2D eigenvalue weighted by atomic mass is 10.1. The molecule has 0 fully saturated rings. The van der Waals surface area contributed by atoms with Gasteiger partial charge >= 0.3 is 0 Å². The second-order valence-electron chi connectivity index (χ2n) is 6.37. The number of hydrogen-bond donors (Lipinski definition) is 2. The van der Waals surface area contributed by atoms with Crippen LogP contribution in [-0.2, 0) is 6.54 Å². The van der Waals surface area contributed by atoms with Crippen molar-refractivity contribution in [2.45, 2.75) is 26.4 Å². The van der Waals surface area contributed by atoms with E-state index in [9.17, 15) is 10.1 Å². The van der Waals surface area contributed by atoms with E-state index < -0.39 is 0 Å². The van der Waals surface area contributed by atoms with E-state index in [1.165, 1.54) is 6.07 Å². The molecule has 0 aliphatic heterocycles. The van der Waals surface area contributed by atoms with Crippen LogP contribution in [0.3, 0.4) is 0 Å². The van der Waals surface area contributed by atoms with E-state index in [4.69, 9.17) is 0 Å². The highest BCUT2D eigenvalue weighted by molar-refractivity contribution is 5.64. The highest BCUT2D eigenvalue weighted by Gasteiger charge is 2.13. The zero-order valence-corrected chi connectivity index (χ0v) is 15.2. The Bertz CT molecular complexity index is 929. The number of nitrogens with zero attached hydrogens (tertiary/aromatic N) is 3. The third kappa shape index (κ3) is 4.78. The zero-order chi connectivity index (χ0) is 19.2. The molecule has 0 bridgehead atoms. The lowest BCUT2D eigenvalue weighted by Crippen LogP contribution is -2.14. The van der Waals surface area contributed by atoms with Gasteiger partial charge in [-0.25, -0.2) is 4.98 Å². The van der Waals surface area contributed by atoms with Gasteiger partial charge in [0, 0.05) is 35.8 Å². The normalized spacial score (nSPS) is 10.6. The van der Waals surface area contributed by atoms with Crippen molar-refractivity contribution in [3.8, 4) is 11.3 Å². The van der Waals surface area contributed by atoms with E-state index in [0.717, 1.165) is 11.3 Å². The van der Waals surface area contributed by atoms with Crippen LogP contribution in [-0.4, -0.2) is 20.9 Å². The van der Waals surface area contributed by atoms with Crippen LogP contribution >= 0.6 is 0 Å². The van der Waals surface area contributed by atoms with Crippen molar-refractivity contribution in [1.29, 1.82) is 0 Å². The molecule has 0 atom stereocenters. The molecule has 3 rings (SSSR count). The Morgan fingerprint density at radius 1 is 1.04 bits per heavy atom. The third-order valence-electron chi connectivity index (χ3n) is 3.86. The van der Waals surface area contributed by atoms with Gasteiger partial charge in [-0.3, -0.25) is 10.1 Å². The molecule has 27 heavy (non-hydrogen) atoms. The van der Waals surface area contributed by atoms with Gasteiger partial charge in [0.25, 0.3) is 5.69 Å². The standard InChI is InChI=1S/C20H21N5O2/c1-14(2)22-20-23-17(15-8-4-3-5-9-15)12-19(24-20)21-13-16-10-6-7-11-18(16)25(26)27/h3-12,14H,13H2,1-2H3,(H2,21,22,23,24). The molecule has 2 aromatic carbocycles. The van der Waals surface area contributed by atoms with Crippen molar-refractivity contribution in [3.05, 3.63) is 76.3 Å². The first-order valence-electron chi connectivity index (χ1n) is 8.70. The largest absolute Gasteiger partial charge is 0.366 e. The van der Waals surface area contributed by atoms with Gasteiger partial charge in [0.2, 0.25) is 5.95 Å². The van der Waals surface area contributed by atoms with Crippen LogP contribution in [0, 0.1) is 10.1 Å². The molecule has 1 heterocycles. The zero-order valence-electron chi connectivity index (χ0n) is 15.2. The number of aromatic nitrogens is 2. The van der Waals surface area contributed by atoms with E-state index >= 15 is 0 Å². The van der Waals surface area contributed by atoms with Crippen LogP contribution in [0.15, 0.2) is 60.7 Å². The SMILES string of the molecule is CC(C)Nc1nc(NCc2ccccc2[N+](=O)[O-])cc(-c2ccccc2)n1. The molecule has 2 N–H and O–H groups in total.